The molecule has 9 aromatic carbocycles. The van der Waals surface area contributed by atoms with Crippen LogP contribution in [0, 0.1) is 0 Å². The lowest BCUT2D eigenvalue weighted by Crippen LogP contribution is -2.12. The van der Waals surface area contributed by atoms with E-state index in [9.17, 15) is 0 Å². The van der Waals surface area contributed by atoms with E-state index in [1.165, 1.54) is 32.8 Å². The molecule has 0 bridgehead atoms. The third-order valence-electron chi connectivity index (χ3n) is 10.4. The zero-order valence-electron chi connectivity index (χ0n) is 29.8. The third kappa shape index (κ3) is 6.06. The molecule has 0 atom stereocenters. The SMILES string of the molecule is Sc1c(-c2ccccc2)cc2sc(-c3ccccc3)nc2c1N(c1ccc(-c2ccccc2)cc1)c1ccc(-c2ccc3ccccc3c2)c2ccccc12. The zero-order valence-corrected chi connectivity index (χ0v) is 31.5. The number of fused-ring (bicyclic) bond motifs is 3. The molecule has 1 heterocycles. The summed E-state index contributed by atoms with van der Waals surface area (Å²) in [6, 6.07) is 71.4. The number of nitrogens with zero attached hydrogens (tertiary/aromatic N) is 2. The molecule has 0 saturated carbocycles. The normalized spacial score (nSPS) is 11.4. The van der Waals surface area contributed by atoms with Crippen molar-refractivity contribution in [2.45, 2.75) is 4.90 Å². The number of aromatic nitrogens is 1. The Kier molecular flexibility index (Phi) is 8.48. The summed E-state index contributed by atoms with van der Waals surface area (Å²) in [5.41, 5.74) is 12.0. The molecule has 0 fully saturated rings. The Morgan fingerprint density at radius 1 is 0.436 bits per heavy atom. The molecule has 0 aliphatic heterocycles. The molecule has 0 N–H and O–H groups in total. The third-order valence-corrected chi connectivity index (χ3v) is 11.9. The summed E-state index contributed by atoms with van der Waals surface area (Å²) < 4.78 is 1.11. The summed E-state index contributed by atoms with van der Waals surface area (Å²) in [6.45, 7) is 0. The first-order valence-electron chi connectivity index (χ1n) is 18.4. The Bertz CT molecular complexity index is 2970. The Labute approximate surface area is 330 Å². The van der Waals surface area contributed by atoms with Crippen LogP contribution in [0.5, 0.6) is 0 Å². The van der Waals surface area contributed by atoms with Crippen molar-refractivity contribution in [1.29, 1.82) is 0 Å². The average Bonchev–Trinajstić information content (AvgIpc) is 3.69. The average molecular weight is 739 g/mol. The van der Waals surface area contributed by atoms with Crippen LogP contribution >= 0.6 is 24.0 Å². The molecule has 2 nitrogen and oxygen atoms in total. The topological polar surface area (TPSA) is 16.1 Å². The van der Waals surface area contributed by atoms with Crippen LogP contribution in [0.2, 0.25) is 0 Å². The molecule has 0 aliphatic carbocycles. The molecule has 260 valence electrons. The highest BCUT2D eigenvalue weighted by atomic mass is 32.1. The van der Waals surface area contributed by atoms with E-state index in [1.807, 2.05) is 0 Å². The van der Waals surface area contributed by atoms with Gasteiger partial charge in [0.1, 0.15) is 10.5 Å². The van der Waals surface area contributed by atoms with Gasteiger partial charge in [0.2, 0.25) is 0 Å². The fraction of sp³-hybridized carbons (Fsp3) is 0. The van der Waals surface area contributed by atoms with Gasteiger partial charge in [-0.1, -0.05) is 170 Å². The van der Waals surface area contributed by atoms with Crippen LogP contribution < -0.4 is 4.90 Å². The summed E-state index contributed by atoms with van der Waals surface area (Å²) in [5, 5.41) is 5.76. The van der Waals surface area contributed by atoms with Crippen molar-refractivity contribution in [3.8, 4) is 44.0 Å². The van der Waals surface area contributed by atoms with Crippen LogP contribution in [-0.2, 0) is 0 Å². The van der Waals surface area contributed by atoms with Gasteiger partial charge in [-0.25, -0.2) is 4.98 Å². The van der Waals surface area contributed by atoms with Gasteiger partial charge < -0.3 is 4.90 Å². The van der Waals surface area contributed by atoms with E-state index in [2.05, 4.69) is 205 Å². The molecule has 10 rings (SSSR count). The summed E-state index contributed by atoms with van der Waals surface area (Å²) in [7, 11) is 0. The first kappa shape index (κ1) is 33.1. The second-order valence-electron chi connectivity index (χ2n) is 13.7. The highest BCUT2D eigenvalue weighted by molar-refractivity contribution is 7.80. The second kappa shape index (κ2) is 14.1. The van der Waals surface area contributed by atoms with Crippen molar-refractivity contribution in [1.82, 2.24) is 4.98 Å². The van der Waals surface area contributed by atoms with E-state index >= 15 is 0 Å². The molecule has 0 spiro atoms. The van der Waals surface area contributed by atoms with Gasteiger partial charge >= 0.3 is 0 Å². The largest absolute Gasteiger partial charge is 0.307 e. The van der Waals surface area contributed by atoms with Gasteiger partial charge in [0.15, 0.2) is 0 Å². The minimum Gasteiger partial charge on any atom is -0.307 e. The fourth-order valence-electron chi connectivity index (χ4n) is 7.70. The Hall–Kier alpha value is -6.46. The monoisotopic (exact) mass is 738 g/mol. The van der Waals surface area contributed by atoms with Crippen LogP contribution in [0.15, 0.2) is 205 Å². The number of anilines is 3. The van der Waals surface area contributed by atoms with Gasteiger partial charge in [-0.2, -0.15) is 0 Å². The van der Waals surface area contributed by atoms with Crippen LogP contribution in [-0.4, -0.2) is 4.98 Å². The summed E-state index contributed by atoms with van der Waals surface area (Å²) in [5.74, 6) is 0. The van der Waals surface area contributed by atoms with Gasteiger partial charge in [0.05, 0.1) is 16.1 Å². The lowest BCUT2D eigenvalue weighted by molar-refractivity contribution is 1.25. The van der Waals surface area contributed by atoms with Gasteiger partial charge in [-0.3, -0.25) is 0 Å². The number of hydrogen-bond acceptors (Lipinski definition) is 4. The first-order chi connectivity index (χ1) is 27.2. The Morgan fingerprint density at radius 2 is 1.02 bits per heavy atom. The van der Waals surface area contributed by atoms with E-state index < -0.39 is 0 Å². The number of benzene rings is 9. The lowest BCUT2D eigenvalue weighted by Gasteiger charge is -2.30. The van der Waals surface area contributed by atoms with Crippen molar-refractivity contribution in [2.75, 3.05) is 4.90 Å². The van der Waals surface area contributed by atoms with E-state index in [1.54, 1.807) is 11.3 Å². The van der Waals surface area contributed by atoms with Crippen molar-refractivity contribution in [2.24, 2.45) is 0 Å². The standard InChI is InChI=1S/C51H34N2S2/c54-50-45(37-17-6-2-7-18-37)33-47-48(52-51(55-47)38-19-8-3-9-20-38)49(50)53(41-28-26-36(27-29-41)34-14-4-1-5-15-34)46-31-30-42(43-22-12-13-23-44(43)46)40-25-24-35-16-10-11-21-39(35)32-40/h1-33,54H. The van der Waals surface area contributed by atoms with Crippen molar-refractivity contribution in [3.63, 3.8) is 0 Å². The Morgan fingerprint density at radius 3 is 1.75 bits per heavy atom. The van der Waals surface area contributed by atoms with Crippen LogP contribution in [0.25, 0.3) is 75.7 Å². The van der Waals surface area contributed by atoms with Gasteiger partial charge in [0, 0.05) is 21.5 Å². The van der Waals surface area contributed by atoms with Crippen molar-refractivity contribution < 1.29 is 0 Å². The highest BCUT2D eigenvalue weighted by Gasteiger charge is 2.26. The van der Waals surface area contributed by atoms with E-state index in [0.717, 1.165) is 64.8 Å². The minimum atomic E-state index is 0.874. The molecule has 4 heteroatoms. The molecule has 0 unspecified atom stereocenters. The molecule has 10 aromatic rings. The molecular weight excluding hydrogens is 705 g/mol. The van der Waals surface area contributed by atoms with Gasteiger partial charge in [-0.15, -0.1) is 24.0 Å². The van der Waals surface area contributed by atoms with Crippen LogP contribution in [0.1, 0.15) is 0 Å². The number of hydrogen-bond donors (Lipinski definition) is 1. The summed E-state index contributed by atoms with van der Waals surface area (Å²) in [6.07, 6.45) is 0. The summed E-state index contributed by atoms with van der Waals surface area (Å²) in [4.78, 5) is 8.67. The predicted octanol–water partition coefficient (Wildman–Crippen LogP) is 15.0. The van der Waals surface area contributed by atoms with Crippen LogP contribution in [0.4, 0.5) is 17.1 Å². The number of thiol groups is 1. The molecule has 0 aliphatic rings. The van der Waals surface area contributed by atoms with E-state index in [4.69, 9.17) is 17.6 Å². The van der Waals surface area contributed by atoms with Crippen molar-refractivity contribution >= 4 is 72.8 Å². The van der Waals surface area contributed by atoms with E-state index in [0.29, 0.717) is 0 Å². The maximum absolute atomic E-state index is 5.44. The van der Waals surface area contributed by atoms with Crippen LogP contribution in [0.3, 0.4) is 0 Å². The minimum absolute atomic E-state index is 0.874. The maximum Gasteiger partial charge on any atom is 0.124 e. The van der Waals surface area contributed by atoms with Gasteiger partial charge in [0.25, 0.3) is 0 Å². The van der Waals surface area contributed by atoms with Gasteiger partial charge in [-0.05, 0) is 79.9 Å². The number of thiazole rings is 1. The smallest absolute Gasteiger partial charge is 0.124 e. The Balaban J connectivity index is 1.25. The van der Waals surface area contributed by atoms with Crippen molar-refractivity contribution in [3.05, 3.63) is 200 Å². The number of rotatable bonds is 7. The quantitative estimate of drug-likeness (QED) is 0.164. The molecule has 1 aromatic heterocycles. The lowest BCUT2D eigenvalue weighted by atomic mass is 9.94. The van der Waals surface area contributed by atoms with E-state index in [-0.39, 0.29) is 0 Å². The predicted molar refractivity (Wildman–Crippen MR) is 238 cm³/mol. The molecule has 0 radical (unpaired) electrons. The second-order valence-corrected chi connectivity index (χ2v) is 15.2. The maximum atomic E-state index is 5.44. The molecular formula is C51H34N2S2. The fourth-order valence-corrected chi connectivity index (χ4v) is 9.12. The molecule has 0 amide bonds. The zero-order chi connectivity index (χ0) is 36.7. The molecule has 55 heavy (non-hydrogen) atoms. The highest BCUT2D eigenvalue weighted by Crippen LogP contribution is 2.50. The summed E-state index contributed by atoms with van der Waals surface area (Å²) >= 11 is 7.16. The first-order valence-corrected chi connectivity index (χ1v) is 19.7. The molecule has 0 saturated heterocycles.